The van der Waals surface area contributed by atoms with Crippen LogP contribution in [0.25, 0.3) is 17.2 Å². The van der Waals surface area contributed by atoms with Crippen LogP contribution in [0.2, 0.25) is 5.15 Å². The molecule has 3 atom stereocenters. The fourth-order valence-electron chi connectivity index (χ4n) is 3.93. The number of fused-ring (bicyclic) bond motifs is 1. The first-order valence-corrected chi connectivity index (χ1v) is 10.4. The predicted octanol–water partition coefficient (Wildman–Crippen LogP) is 2.91. The van der Waals surface area contributed by atoms with Crippen LogP contribution < -0.4 is 16.0 Å². The second kappa shape index (κ2) is 8.60. The number of hydrogen-bond acceptors (Lipinski definition) is 8. The van der Waals surface area contributed by atoms with E-state index in [-0.39, 0.29) is 40.4 Å². The Morgan fingerprint density at radius 3 is 2.70 bits per heavy atom. The maximum Gasteiger partial charge on any atom is 0.434 e. The van der Waals surface area contributed by atoms with E-state index < -0.39 is 11.9 Å². The number of nitrogens with two attached hydrogens (primary N) is 1. The molecule has 9 nitrogen and oxygen atoms in total. The third kappa shape index (κ3) is 4.35. The molecule has 0 bridgehead atoms. The van der Waals surface area contributed by atoms with Gasteiger partial charge in [0.1, 0.15) is 16.7 Å². The highest BCUT2D eigenvalue weighted by molar-refractivity contribution is 6.29. The topological polar surface area (TPSA) is 121 Å². The van der Waals surface area contributed by atoms with Gasteiger partial charge in [-0.15, -0.1) is 0 Å². The van der Waals surface area contributed by atoms with E-state index in [1.165, 1.54) is 23.0 Å². The number of alkyl halides is 3. The monoisotopic (exact) mass is 479 g/mol. The van der Waals surface area contributed by atoms with E-state index >= 15 is 0 Å². The van der Waals surface area contributed by atoms with Gasteiger partial charge in [-0.05, 0) is 13.8 Å². The molecule has 4 rings (SSSR count). The minimum absolute atomic E-state index is 0.0366. The van der Waals surface area contributed by atoms with Crippen LogP contribution in [0, 0.1) is 5.41 Å². The van der Waals surface area contributed by atoms with Crippen molar-refractivity contribution in [2.24, 2.45) is 5.73 Å². The molecule has 4 N–H and O–H groups in total. The Hall–Kier alpha value is -3.25. The molecule has 0 radical (unpaired) electrons. The van der Waals surface area contributed by atoms with Crippen molar-refractivity contribution in [1.82, 2.24) is 29.7 Å². The summed E-state index contributed by atoms with van der Waals surface area (Å²) in [4.78, 5) is 18.4. The molecule has 4 heterocycles. The van der Waals surface area contributed by atoms with Crippen LogP contribution in [0.4, 0.5) is 19.0 Å². The van der Waals surface area contributed by atoms with Gasteiger partial charge in [0, 0.05) is 48.9 Å². The molecule has 1 saturated heterocycles. The first kappa shape index (κ1) is 22.9. The Balaban J connectivity index is 1.78. The molecule has 0 spiro atoms. The van der Waals surface area contributed by atoms with Crippen LogP contribution in [0.1, 0.15) is 19.5 Å². The van der Waals surface area contributed by atoms with Gasteiger partial charge in [-0.3, -0.25) is 4.40 Å². The minimum Gasteiger partial charge on any atom is -0.404 e. The second-order valence-electron chi connectivity index (χ2n) is 7.76. The van der Waals surface area contributed by atoms with Gasteiger partial charge in [0.2, 0.25) is 0 Å². The summed E-state index contributed by atoms with van der Waals surface area (Å²) < 4.78 is 40.8. The number of anilines is 1. The number of piperazine rings is 1. The summed E-state index contributed by atoms with van der Waals surface area (Å²) in [6.45, 7) is 4.53. The highest BCUT2D eigenvalue weighted by Crippen LogP contribution is 2.30. The lowest BCUT2D eigenvalue weighted by atomic mass is 9.96. The molecule has 0 saturated carbocycles. The van der Waals surface area contributed by atoms with Gasteiger partial charge in [-0.2, -0.15) is 13.2 Å². The fourth-order valence-corrected chi connectivity index (χ4v) is 4.10. The van der Waals surface area contributed by atoms with Gasteiger partial charge in [-0.25, -0.2) is 19.9 Å². The van der Waals surface area contributed by atoms with E-state index in [9.17, 15) is 13.2 Å². The van der Waals surface area contributed by atoms with Crippen molar-refractivity contribution in [1.29, 1.82) is 5.41 Å². The van der Waals surface area contributed by atoms with Gasteiger partial charge in [0.15, 0.2) is 17.2 Å². The lowest BCUT2D eigenvalue weighted by Crippen LogP contribution is -2.61. The summed E-state index contributed by atoms with van der Waals surface area (Å²) in [5.41, 5.74) is 5.73. The molecule has 13 heteroatoms. The van der Waals surface area contributed by atoms with Gasteiger partial charge in [0.25, 0.3) is 0 Å². The molecular weight excluding hydrogens is 459 g/mol. The zero-order valence-electron chi connectivity index (χ0n) is 17.7. The SMILES string of the molecule is CC1CN(c2cc(Cl)nc(-c3cnc4cnc(C(F)(F)F)cn34)n2)C(C)C(/C(C=N)=C/N)N1. The molecule has 0 aliphatic carbocycles. The number of nitrogens with zero attached hydrogens (tertiary/aromatic N) is 6. The number of nitrogens with one attached hydrogen (secondary N) is 2. The molecule has 3 unspecified atom stereocenters. The average molecular weight is 480 g/mol. The van der Waals surface area contributed by atoms with E-state index in [2.05, 4.69) is 25.3 Å². The van der Waals surface area contributed by atoms with Crippen molar-refractivity contribution >= 4 is 29.3 Å². The normalized spacial score (nSPS) is 22.1. The van der Waals surface area contributed by atoms with E-state index in [0.717, 1.165) is 12.4 Å². The third-order valence-corrected chi connectivity index (χ3v) is 5.71. The molecule has 174 valence electrons. The van der Waals surface area contributed by atoms with Crippen molar-refractivity contribution in [2.75, 3.05) is 11.4 Å². The average Bonchev–Trinajstić information content (AvgIpc) is 3.19. The Morgan fingerprint density at radius 1 is 1.27 bits per heavy atom. The standard InChI is InChI=1S/C20H21ClF3N9/c1-10-8-32(11(2)18(29-10)12(4-25)5-26)16-3-15(21)30-19(31-16)13-6-28-17-7-27-14(9-33(13)17)20(22,23)24/h3-7,9-11,18,25,29H,8,26H2,1-2H3/b12-5+,25-4?. The van der Waals surface area contributed by atoms with Gasteiger partial charge < -0.3 is 21.4 Å². The van der Waals surface area contributed by atoms with Crippen molar-refractivity contribution in [3.05, 3.63) is 47.3 Å². The van der Waals surface area contributed by atoms with Crippen molar-refractivity contribution < 1.29 is 13.2 Å². The lowest BCUT2D eigenvalue weighted by Gasteiger charge is -2.44. The van der Waals surface area contributed by atoms with Crippen LogP contribution in [0.5, 0.6) is 0 Å². The van der Waals surface area contributed by atoms with Gasteiger partial charge in [0.05, 0.1) is 18.4 Å². The molecule has 3 aromatic heterocycles. The van der Waals surface area contributed by atoms with Crippen LogP contribution in [0.3, 0.4) is 0 Å². The van der Waals surface area contributed by atoms with E-state index in [1.54, 1.807) is 6.07 Å². The lowest BCUT2D eigenvalue weighted by molar-refractivity contribution is -0.141. The van der Waals surface area contributed by atoms with Crippen LogP contribution in [0.15, 0.2) is 36.4 Å². The molecule has 3 aromatic rings. The first-order valence-electron chi connectivity index (χ1n) is 10.0. The number of imidazole rings is 1. The van der Waals surface area contributed by atoms with E-state index in [4.69, 9.17) is 22.7 Å². The molecule has 1 aliphatic heterocycles. The summed E-state index contributed by atoms with van der Waals surface area (Å²) >= 11 is 6.30. The summed E-state index contributed by atoms with van der Waals surface area (Å²) in [7, 11) is 0. The maximum absolute atomic E-state index is 13.2. The number of aromatic nitrogens is 5. The summed E-state index contributed by atoms with van der Waals surface area (Å²) in [5.74, 6) is 0.623. The molecular formula is C20H21ClF3N9. The highest BCUT2D eigenvalue weighted by Gasteiger charge is 2.35. The predicted molar refractivity (Wildman–Crippen MR) is 118 cm³/mol. The van der Waals surface area contributed by atoms with Crippen LogP contribution in [-0.2, 0) is 6.18 Å². The Kier molecular flexibility index (Phi) is 5.97. The number of rotatable bonds is 4. The Bertz CT molecular complexity index is 1220. The Labute approximate surface area is 192 Å². The first-order chi connectivity index (χ1) is 15.6. The van der Waals surface area contributed by atoms with E-state index in [1.807, 2.05) is 18.7 Å². The summed E-state index contributed by atoms with van der Waals surface area (Å²) in [6.07, 6.45) is 1.26. The van der Waals surface area contributed by atoms with E-state index in [0.29, 0.717) is 17.9 Å². The van der Waals surface area contributed by atoms with Gasteiger partial charge in [-0.1, -0.05) is 11.6 Å². The molecule has 33 heavy (non-hydrogen) atoms. The number of halogens is 4. The van der Waals surface area contributed by atoms with Crippen molar-refractivity contribution in [2.45, 2.75) is 38.1 Å². The number of hydrogen-bond donors (Lipinski definition) is 3. The minimum atomic E-state index is -4.61. The summed E-state index contributed by atoms with van der Waals surface area (Å²) in [6, 6.07) is 1.25. The Morgan fingerprint density at radius 2 is 2.03 bits per heavy atom. The van der Waals surface area contributed by atoms with Crippen LogP contribution >= 0.6 is 11.6 Å². The molecule has 0 amide bonds. The third-order valence-electron chi connectivity index (χ3n) is 5.52. The van der Waals surface area contributed by atoms with Crippen molar-refractivity contribution in [3.63, 3.8) is 0 Å². The quantitative estimate of drug-likeness (QED) is 0.388. The highest BCUT2D eigenvalue weighted by atomic mass is 35.5. The summed E-state index contributed by atoms with van der Waals surface area (Å²) in [5, 5.41) is 11.2. The smallest absolute Gasteiger partial charge is 0.404 e. The van der Waals surface area contributed by atoms with Crippen molar-refractivity contribution in [3.8, 4) is 11.5 Å². The zero-order valence-corrected chi connectivity index (χ0v) is 18.4. The molecule has 1 aliphatic rings. The fraction of sp³-hybridized carbons (Fsp3) is 0.350. The second-order valence-corrected chi connectivity index (χ2v) is 8.15. The van der Waals surface area contributed by atoms with Gasteiger partial charge >= 0.3 is 6.18 Å². The largest absolute Gasteiger partial charge is 0.434 e. The molecule has 0 aromatic carbocycles. The molecule has 1 fully saturated rings. The zero-order chi connectivity index (χ0) is 23.9. The van der Waals surface area contributed by atoms with Crippen LogP contribution in [-0.4, -0.2) is 55.2 Å². The maximum atomic E-state index is 13.2.